The number of halogens is 1. The first-order chi connectivity index (χ1) is 6.47. The Labute approximate surface area is 87.4 Å². The summed E-state index contributed by atoms with van der Waals surface area (Å²) in [4.78, 5) is 23.0. The number of nitrogens with two attached hydrogens (primary N) is 1. The van der Waals surface area contributed by atoms with Crippen molar-refractivity contribution in [1.29, 1.82) is 5.26 Å². The summed E-state index contributed by atoms with van der Waals surface area (Å²) in [5.41, 5.74) is 4.94. The highest BCUT2D eigenvalue weighted by Gasteiger charge is 2.16. The van der Waals surface area contributed by atoms with Crippen molar-refractivity contribution in [3.63, 3.8) is 0 Å². The number of amides is 2. The number of nitriles is 1. The Morgan fingerprint density at radius 1 is 1.64 bits per heavy atom. The van der Waals surface area contributed by atoms with Crippen LogP contribution in [0.1, 0.15) is 13.3 Å². The molecule has 0 saturated carbocycles. The Bertz CT molecular complexity index is 260. The molecule has 2 N–H and O–H groups in total. The van der Waals surface area contributed by atoms with Crippen LogP contribution in [0.2, 0.25) is 0 Å². The fourth-order valence-electron chi connectivity index (χ4n) is 0.926. The number of hydrogen-bond acceptors (Lipinski definition) is 3. The van der Waals surface area contributed by atoms with Crippen molar-refractivity contribution >= 4 is 23.4 Å². The maximum absolute atomic E-state index is 11.3. The Kier molecular flexibility index (Phi) is 5.65. The highest BCUT2D eigenvalue weighted by molar-refractivity contribution is 6.20. The van der Waals surface area contributed by atoms with E-state index in [0.29, 0.717) is 0 Å². The molecule has 0 radical (unpaired) electrons. The average molecular weight is 218 g/mol. The van der Waals surface area contributed by atoms with Gasteiger partial charge < -0.3 is 10.6 Å². The average Bonchev–Trinajstić information content (AvgIpc) is 2.01. The van der Waals surface area contributed by atoms with Crippen LogP contribution in [-0.4, -0.2) is 35.2 Å². The summed E-state index contributed by atoms with van der Waals surface area (Å²) in [5, 5.41) is 8.03. The van der Waals surface area contributed by atoms with E-state index in [2.05, 4.69) is 0 Å². The SMILES string of the molecule is C[C@@H](Cl)CN(CC(N)=O)C(=O)CC#N. The first kappa shape index (κ1) is 12.7. The summed E-state index contributed by atoms with van der Waals surface area (Å²) < 4.78 is 0. The standard InChI is InChI=1S/C8H12ClN3O2/c1-6(9)4-12(5-7(11)13)8(14)2-3-10/h6H,2,4-5H2,1H3,(H2,11,13)/t6-/m1/s1. The third-order valence-electron chi connectivity index (χ3n) is 1.40. The van der Waals surface area contributed by atoms with Crippen molar-refractivity contribution in [2.75, 3.05) is 13.1 Å². The molecule has 2 amide bonds. The van der Waals surface area contributed by atoms with Gasteiger partial charge in [-0.2, -0.15) is 5.26 Å². The number of alkyl halides is 1. The number of hydrogen-bond donors (Lipinski definition) is 1. The van der Waals surface area contributed by atoms with Gasteiger partial charge in [0.2, 0.25) is 11.8 Å². The van der Waals surface area contributed by atoms with E-state index in [0.717, 1.165) is 0 Å². The van der Waals surface area contributed by atoms with Crippen LogP contribution in [0.4, 0.5) is 0 Å². The van der Waals surface area contributed by atoms with Crippen molar-refractivity contribution in [2.24, 2.45) is 5.73 Å². The first-order valence-corrected chi connectivity index (χ1v) is 4.48. The summed E-state index contributed by atoms with van der Waals surface area (Å²) >= 11 is 5.67. The fourth-order valence-corrected chi connectivity index (χ4v) is 1.09. The molecule has 0 aliphatic heterocycles. The molecule has 0 bridgehead atoms. The molecule has 6 heteroatoms. The van der Waals surface area contributed by atoms with Gasteiger partial charge in [-0.25, -0.2) is 0 Å². The topological polar surface area (TPSA) is 87.2 Å². The zero-order chi connectivity index (χ0) is 11.1. The van der Waals surface area contributed by atoms with Crippen LogP contribution >= 0.6 is 11.6 Å². The molecule has 0 rings (SSSR count). The number of carbonyl (C=O) groups is 2. The molecular formula is C8H12ClN3O2. The minimum Gasteiger partial charge on any atom is -0.368 e. The molecule has 0 aliphatic rings. The molecule has 1 atom stereocenters. The number of carbonyl (C=O) groups excluding carboxylic acids is 2. The van der Waals surface area contributed by atoms with E-state index in [1.165, 1.54) is 4.90 Å². The summed E-state index contributed by atoms with van der Waals surface area (Å²) in [6.45, 7) is 1.71. The van der Waals surface area contributed by atoms with Crippen molar-refractivity contribution in [3.05, 3.63) is 0 Å². The van der Waals surface area contributed by atoms with Crippen molar-refractivity contribution < 1.29 is 9.59 Å². The zero-order valence-electron chi connectivity index (χ0n) is 7.86. The minimum absolute atomic E-state index is 0.197. The fraction of sp³-hybridized carbons (Fsp3) is 0.625. The Morgan fingerprint density at radius 2 is 2.21 bits per heavy atom. The first-order valence-electron chi connectivity index (χ1n) is 4.04. The summed E-state index contributed by atoms with van der Waals surface area (Å²) in [6, 6.07) is 1.71. The van der Waals surface area contributed by atoms with E-state index in [1.54, 1.807) is 13.0 Å². The largest absolute Gasteiger partial charge is 0.368 e. The summed E-state index contributed by atoms with van der Waals surface area (Å²) in [5.74, 6) is -1.05. The smallest absolute Gasteiger partial charge is 0.237 e. The lowest BCUT2D eigenvalue weighted by Gasteiger charge is -2.20. The van der Waals surface area contributed by atoms with Gasteiger partial charge in [-0.1, -0.05) is 0 Å². The molecule has 0 heterocycles. The van der Waals surface area contributed by atoms with Gasteiger partial charge in [0.05, 0.1) is 12.6 Å². The van der Waals surface area contributed by atoms with Crippen LogP contribution in [-0.2, 0) is 9.59 Å². The van der Waals surface area contributed by atoms with Crippen LogP contribution in [0, 0.1) is 11.3 Å². The second kappa shape index (κ2) is 6.22. The second-order valence-corrected chi connectivity index (χ2v) is 3.60. The van der Waals surface area contributed by atoms with E-state index in [9.17, 15) is 9.59 Å². The molecule has 0 aromatic heterocycles. The van der Waals surface area contributed by atoms with Gasteiger partial charge >= 0.3 is 0 Å². The maximum Gasteiger partial charge on any atom is 0.237 e. The zero-order valence-corrected chi connectivity index (χ0v) is 8.62. The van der Waals surface area contributed by atoms with Gasteiger partial charge in [-0.3, -0.25) is 9.59 Å². The maximum atomic E-state index is 11.3. The van der Waals surface area contributed by atoms with Gasteiger partial charge in [-0.15, -0.1) is 11.6 Å². The monoisotopic (exact) mass is 217 g/mol. The molecule has 14 heavy (non-hydrogen) atoms. The van der Waals surface area contributed by atoms with Crippen molar-refractivity contribution in [1.82, 2.24) is 4.90 Å². The van der Waals surface area contributed by atoms with Gasteiger partial charge in [-0.05, 0) is 6.92 Å². The molecule has 0 unspecified atom stereocenters. The minimum atomic E-state index is -0.617. The normalized spacial score (nSPS) is 11.5. The highest BCUT2D eigenvalue weighted by Crippen LogP contribution is 2.01. The lowest BCUT2D eigenvalue weighted by molar-refractivity contribution is -0.134. The van der Waals surface area contributed by atoms with E-state index in [1.807, 2.05) is 0 Å². The number of primary amides is 1. The van der Waals surface area contributed by atoms with Gasteiger partial charge in [0.25, 0.3) is 0 Å². The van der Waals surface area contributed by atoms with Gasteiger partial charge in [0.1, 0.15) is 6.42 Å². The van der Waals surface area contributed by atoms with E-state index < -0.39 is 11.8 Å². The predicted octanol–water partition coefficient (Wildman–Crippen LogP) is -0.159. The van der Waals surface area contributed by atoms with Crippen LogP contribution in [0.5, 0.6) is 0 Å². The number of rotatable bonds is 5. The van der Waals surface area contributed by atoms with E-state index in [4.69, 9.17) is 22.6 Å². The van der Waals surface area contributed by atoms with Gasteiger partial charge in [0.15, 0.2) is 0 Å². The third-order valence-corrected chi connectivity index (χ3v) is 1.54. The molecular weight excluding hydrogens is 206 g/mol. The third kappa shape index (κ3) is 5.38. The molecule has 0 saturated heterocycles. The van der Waals surface area contributed by atoms with Crippen LogP contribution in [0.3, 0.4) is 0 Å². The molecule has 0 aromatic carbocycles. The Balaban J connectivity index is 4.31. The van der Waals surface area contributed by atoms with E-state index in [-0.39, 0.29) is 24.9 Å². The molecule has 0 fully saturated rings. The summed E-state index contributed by atoms with van der Waals surface area (Å²) in [6.07, 6.45) is -0.267. The predicted molar refractivity (Wildman–Crippen MR) is 51.3 cm³/mol. The van der Waals surface area contributed by atoms with Crippen LogP contribution in [0.15, 0.2) is 0 Å². The van der Waals surface area contributed by atoms with E-state index >= 15 is 0 Å². The molecule has 0 aliphatic carbocycles. The Hall–Kier alpha value is -1.28. The van der Waals surface area contributed by atoms with Crippen molar-refractivity contribution in [2.45, 2.75) is 18.7 Å². The van der Waals surface area contributed by atoms with Crippen LogP contribution in [0.25, 0.3) is 0 Å². The lowest BCUT2D eigenvalue weighted by atomic mass is 10.3. The molecule has 78 valence electrons. The Morgan fingerprint density at radius 3 is 2.57 bits per heavy atom. The quantitative estimate of drug-likeness (QED) is 0.650. The van der Waals surface area contributed by atoms with Crippen LogP contribution < -0.4 is 5.73 Å². The molecule has 0 aromatic rings. The number of nitrogens with zero attached hydrogens (tertiary/aromatic N) is 2. The lowest BCUT2D eigenvalue weighted by Crippen LogP contribution is -2.41. The second-order valence-electron chi connectivity index (χ2n) is 2.86. The summed E-state index contributed by atoms with van der Waals surface area (Å²) in [7, 11) is 0. The molecule has 5 nitrogen and oxygen atoms in total. The molecule has 0 spiro atoms. The van der Waals surface area contributed by atoms with Gasteiger partial charge in [0, 0.05) is 11.9 Å². The highest BCUT2D eigenvalue weighted by atomic mass is 35.5. The van der Waals surface area contributed by atoms with Crippen molar-refractivity contribution in [3.8, 4) is 6.07 Å².